The number of carbonyl (C=O) groups is 2. The van der Waals surface area contributed by atoms with Crippen LogP contribution >= 0.6 is 0 Å². The van der Waals surface area contributed by atoms with Crippen LogP contribution in [0.1, 0.15) is 36.0 Å². The lowest BCUT2D eigenvalue weighted by molar-refractivity contribution is -0.159. The third-order valence-electron chi connectivity index (χ3n) is 5.76. The van der Waals surface area contributed by atoms with E-state index in [1.54, 1.807) is 31.2 Å². The third kappa shape index (κ3) is 3.51. The Bertz CT molecular complexity index is 956. The molecule has 2 aromatic rings. The van der Waals surface area contributed by atoms with Crippen molar-refractivity contribution in [3.63, 3.8) is 0 Å². The Morgan fingerprint density at radius 1 is 1.17 bits per heavy atom. The molecule has 0 bridgehead atoms. The van der Waals surface area contributed by atoms with Gasteiger partial charge in [-0.2, -0.15) is 13.2 Å². The molecule has 0 radical (unpaired) electrons. The molecule has 1 aliphatic heterocycles. The molecule has 0 aliphatic carbocycles. The Balaban J connectivity index is 2.27. The smallest absolute Gasteiger partial charge is 0.416 e. The number of hydrogen-bond donors (Lipinski definition) is 1. The zero-order chi connectivity index (χ0) is 22.1. The standard InChI is InChI=1S/C22H22F3NO4/c1-4-21(20(28)30-3)17(13-8-10-14(29-2)11-9-13)12-15-16(22(23,24)25)6-5-7-18(15)26-19(21)27/h5-11,17H,4,12H2,1-3H3,(H,26,27). The van der Waals surface area contributed by atoms with Crippen LogP contribution in [0.5, 0.6) is 5.75 Å². The van der Waals surface area contributed by atoms with Crippen LogP contribution in [-0.4, -0.2) is 26.1 Å². The fraction of sp³-hybridized carbons (Fsp3) is 0.364. The van der Waals surface area contributed by atoms with E-state index in [2.05, 4.69) is 5.32 Å². The average Bonchev–Trinajstić information content (AvgIpc) is 2.86. The number of esters is 1. The number of ether oxygens (including phenoxy) is 2. The molecular formula is C22H22F3NO4. The number of alkyl halides is 3. The number of halogens is 3. The maximum atomic E-state index is 13.7. The van der Waals surface area contributed by atoms with Crippen molar-refractivity contribution in [1.29, 1.82) is 0 Å². The third-order valence-corrected chi connectivity index (χ3v) is 5.76. The van der Waals surface area contributed by atoms with E-state index >= 15 is 0 Å². The van der Waals surface area contributed by atoms with Crippen LogP contribution in [0.2, 0.25) is 0 Å². The number of anilines is 1. The van der Waals surface area contributed by atoms with Gasteiger partial charge in [0, 0.05) is 11.6 Å². The molecule has 0 spiro atoms. The summed E-state index contributed by atoms with van der Waals surface area (Å²) in [5.74, 6) is -1.79. The number of amides is 1. The van der Waals surface area contributed by atoms with E-state index in [1.165, 1.54) is 19.2 Å². The second-order valence-corrected chi connectivity index (χ2v) is 7.13. The summed E-state index contributed by atoms with van der Waals surface area (Å²) in [5, 5.41) is 2.55. The van der Waals surface area contributed by atoms with Gasteiger partial charge in [0.2, 0.25) is 5.91 Å². The van der Waals surface area contributed by atoms with E-state index in [4.69, 9.17) is 9.47 Å². The number of nitrogens with one attached hydrogen (secondary N) is 1. The molecule has 2 unspecified atom stereocenters. The second kappa shape index (κ2) is 8.01. The number of hydrogen-bond acceptors (Lipinski definition) is 4. The quantitative estimate of drug-likeness (QED) is 0.581. The van der Waals surface area contributed by atoms with Crippen LogP contribution in [0.25, 0.3) is 0 Å². The van der Waals surface area contributed by atoms with Crippen LogP contribution in [0, 0.1) is 5.41 Å². The van der Waals surface area contributed by atoms with Crippen LogP contribution in [0.4, 0.5) is 18.9 Å². The molecule has 2 atom stereocenters. The van der Waals surface area contributed by atoms with Gasteiger partial charge in [-0.25, -0.2) is 0 Å². The predicted molar refractivity (Wildman–Crippen MR) is 104 cm³/mol. The van der Waals surface area contributed by atoms with Crippen molar-refractivity contribution in [1.82, 2.24) is 0 Å². The zero-order valence-electron chi connectivity index (χ0n) is 16.8. The van der Waals surface area contributed by atoms with E-state index < -0.39 is 34.9 Å². The molecule has 0 fully saturated rings. The maximum Gasteiger partial charge on any atom is 0.416 e. The summed E-state index contributed by atoms with van der Waals surface area (Å²) in [5.41, 5.74) is -1.99. The van der Waals surface area contributed by atoms with Gasteiger partial charge in [-0.05, 0) is 48.2 Å². The van der Waals surface area contributed by atoms with Crippen molar-refractivity contribution < 1.29 is 32.2 Å². The van der Waals surface area contributed by atoms with Gasteiger partial charge in [0.15, 0.2) is 5.41 Å². The van der Waals surface area contributed by atoms with Crippen molar-refractivity contribution in [3.8, 4) is 5.75 Å². The lowest BCUT2D eigenvalue weighted by Gasteiger charge is -2.35. The molecule has 1 aliphatic rings. The summed E-state index contributed by atoms with van der Waals surface area (Å²) in [6.07, 6.45) is -4.72. The molecule has 3 rings (SSSR count). The first-order valence-electron chi connectivity index (χ1n) is 9.42. The van der Waals surface area contributed by atoms with Crippen molar-refractivity contribution in [3.05, 3.63) is 59.2 Å². The highest BCUT2D eigenvalue weighted by molar-refractivity contribution is 6.10. The van der Waals surface area contributed by atoms with E-state index in [0.29, 0.717) is 11.3 Å². The largest absolute Gasteiger partial charge is 0.497 e. The van der Waals surface area contributed by atoms with Gasteiger partial charge in [0.1, 0.15) is 5.75 Å². The lowest BCUT2D eigenvalue weighted by atomic mass is 9.67. The van der Waals surface area contributed by atoms with Crippen molar-refractivity contribution >= 4 is 17.6 Å². The maximum absolute atomic E-state index is 13.7. The van der Waals surface area contributed by atoms with Gasteiger partial charge in [-0.3, -0.25) is 9.59 Å². The Labute approximate surface area is 172 Å². The molecule has 1 heterocycles. The first kappa shape index (κ1) is 21.7. The lowest BCUT2D eigenvalue weighted by Crippen LogP contribution is -2.47. The number of carbonyl (C=O) groups excluding carboxylic acids is 2. The SMILES string of the molecule is CCC1(C(=O)OC)C(=O)Nc2cccc(C(F)(F)F)c2CC1c1ccc(OC)cc1. The topological polar surface area (TPSA) is 64.6 Å². The molecule has 2 aromatic carbocycles. The van der Waals surface area contributed by atoms with Gasteiger partial charge in [0.25, 0.3) is 0 Å². The molecular weight excluding hydrogens is 399 g/mol. The Hall–Kier alpha value is -3.03. The summed E-state index contributed by atoms with van der Waals surface area (Å²) in [6, 6.07) is 10.2. The van der Waals surface area contributed by atoms with Crippen molar-refractivity contribution in [2.45, 2.75) is 31.9 Å². The zero-order valence-corrected chi connectivity index (χ0v) is 16.8. The van der Waals surface area contributed by atoms with E-state index in [9.17, 15) is 22.8 Å². The minimum atomic E-state index is -4.61. The molecule has 5 nitrogen and oxygen atoms in total. The van der Waals surface area contributed by atoms with Crippen molar-refractivity contribution in [2.24, 2.45) is 5.41 Å². The van der Waals surface area contributed by atoms with Gasteiger partial charge >= 0.3 is 12.1 Å². The summed E-state index contributed by atoms with van der Waals surface area (Å²) in [7, 11) is 2.65. The van der Waals surface area contributed by atoms with E-state index in [1.807, 2.05) is 0 Å². The van der Waals surface area contributed by atoms with Crippen LogP contribution in [0.15, 0.2) is 42.5 Å². The van der Waals surface area contributed by atoms with Gasteiger partial charge in [0.05, 0.1) is 19.8 Å². The highest BCUT2D eigenvalue weighted by atomic mass is 19.4. The minimum Gasteiger partial charge on any atom is -0.497 e. The monoisotopic (exact) mass is 421 g/mol. The first-order chi connectivity index (χ1) is 14.2. The Morgan fingerprint density at radius 3 is 2.37 bits per heavy atom. The molecule has 30 heavy (non-hydrogen) atoms. The van der Waals surface area contributed by atoms with E-state index in [0.717, 1.165) is 13.2 Å². The van der Waals surface area contributed by atoms with Gasteiger partial charge in [-0.15, -0.1) is 0 Å². The second-order valence-electron chi connectivity index (χ2n) is 7.13. The summed E-state index contributed by atoms with van der Waals surface area (Å²) in [6.45, 7) is 1.65. The number of benzene rings is 2. The fourth-order valence-electron chi connectivity index (χ4n) is 4.17. The van der Waals surface area contributed by atoms with Crippen LogP contribution in [-0.2, 0) is 26.9 Å². The molecule has 160 valence electrons. The molecule has 1 amide bonds. The molecule has 8 heteroatoms. The predicted octanol–water partition coefficient (Wildman–Crippen LogP) is 4.56. The van der Waals surface area contributed by atoms with Gasteiger partial charge < -0.3 is 14.8 Å². The highest BCUT2D eigenvalue weighted by Gasteiger charge is 2.54. The highest BCUT2D eigenvalue weighted by Crippen LogP contribution is 2.49. The van der Waals surface area contributed by atoms with E-state index in [-0.39, 0.29) is 24.1 Å². The fourth-order valence-corrected chi connectivity index (χ4v) is 4.17. The molecule has 0 aromatic heterocycles. The number of fused-ring (bicyclic) bond motifs is 1. The van der Waals surface area contributed by atoms with Crippen LogP contribution in [0.3, 0.4) is 0 Å². The summed E-state index contributed by atoms with van der Waals surface area (Å²) < 4.78 is 51.2. The average molecular weight is 421 g/mol. The van der Waals surface area contributed by atoms with Crippen molar-refractivity contribution in [2.75, 3.05) is 19.5 Å². The molecule has 1 N–H and O–H groups in total. The molecule has 0 saturated heterocycles. The summed E-state index contributed by atoms with van der Waals surface area (Å²) >= 11 is 0. The number of rotatable bonds is 4. The first-order valence-corrected chi connectivity index (χ1v) is 9.42. The van der Waals surface area contributed by atoms with Crippen LogP contribution < -0.4 is 10.1 Å². The Kier molecular flexibility index (Phi) is 5.78. The Morgan fingerprint density at radius 2 is 1.83 bits per heavy atom. The summed E-state index contributed by atoms with van der Waals surface area (Å²) in [4.78, 5) is 26.2. The molecule has 0 saturated carbocycles. The van der Waals surface area contributed by atoms with Gasteiger partial charge in [-0.1, -0.05) is 25.1 Å². The minimum absolute atomic E-state index is 0.0487. The normalized spacial score (nSPS) is 21.3. The number of methoxy groups -OCH3 is 2.